The van der Waals surface area contributed by atoms with Crippen LogP contribution in [0.5, 0.6) is 5.75 Å². The Balaban J connectivity index is 1.96. The standard InChI is InChI=1S/C20H17N3O/c1-23-18-12-5-4-11-17(18)22-20(23)16(14-21)10-7-9-15-8-3-6-13-19(15)24-2/h3-13H,1-2H3/b9-7+,16-10+. The predicted molar refractivity (Wildman–Crippen MR) is 96.3 cm³/mol. The van der Waals surface area contributed by atoms with Crippen LogP contribution in [0.25, 0.3) is 22.7 Å². The predicted octanol–water partition coefficient (Wildman–Crippen LogP) is 4.20. The van der Waals surface area contributed by atoms with E-state index < -0.39 is 0 Å². The number of para-hydroxylation sites is 3. The highest BCUT2D eigenvalue weighted by Gasteiger charge is 2.10. The fraction of sp³-hybridized carbons (Fsp3) is 0.100. The lowest BCUT2D eigenvalue weighted by Crippen LogP contribution is -1.95. The first-order chi connectivity index (χ1) is 11.7. The molecule has 0 fully saturated rings. The third-order valence-electron chi connectivity index (χ3n) is 3.83. The van der Waals surface area contributed by atoms with E-state index in [1.165, 1.54) is 0 Å². The summed E-state index contributed by atoms with van der Waals surface area (Å²) in [5.74, 6) is 1.45. The zero-order valence-electron chi connectivity index (χ0n) is 13.6. The van der Waals surface area contributed by atoms with E-state index >= 15 is 0 Å². The van der Waals surface area contributed by atoms with Crippen molar-refractivity contribution < 1.29 is 4.74 Å². The summed E-state index contributed by atoms with van der Waals surface area (Å²) < 4.78 is 7.25. The molecule has 0 saturated carbocycles. The van der Waals surface area contributed by atoms with Crippen molar-refractivity contribution in [1.82, 2.24) is 9.55 Å². The van der Waals surface area contributed by atoms with Crippen LogP contribution in [0.15, 0.2) is 60.7 Å². The summed E-state index contributed by atoms with van der Waals surface area (Å²) in [4.78, 5) is 4.56. The molecule has 0 aliphatic carbocycles. The van der Waals surface area contributed by atoms with Gasteiger partial charge in [-0.3, -0.25) is 0 Å². The van der Waals surface area contributed by atoms with Crippen LogP contribution in [-0.2, 0) is 7.05 Å². The molecule has 3 rings (SSSR count). The lowest BCUT2D eigenvalue weighted by atomic mass is 10.1. The van der Waals surface area contributed by atoms with Crippen LogP contribution in [0.4, 0.5) is 0 Å². The highest BCUT2D eigenvalue weighted by molar-refractivity contribution is 5.84. The van der Waals surface area contributed by atoms with Gasteiger partial charge in [0.1, 0.15) is 11.8 Å². The summed E-state index contributed by atoms with van der Waals surface area (Å²) in [5.41, 5.74) is 3.35. The van der Waals surface area contributed by atoms with Gasteiger partial charge < -0.3 is 9.30 Å². The van der Waals surface area contributed by atoms with Crippen LogP contribution in [-0.4, -0.2) is 16.7 Å². The number of nitrogens with zero attached hydrogens (tertiary/aromatic N) is 3. The summed E-state index contributed by atoms with van der Waals surface area (Å²) in [6, 6.07) is 17.8. The zero-order chi connectivity index (χ0) is 16.9. The van der Waals surface area contributed by atoms with Crippen molar-refractivity contribution in [3.63, 3.8) is 0 Å². The minimum Gasteiger partial charge on any atom is -0.496 e. The Morgan fingerprint density at radius 2 is 1.92 bits per heavy atom. The molecule has 0 amide bonds. The first kappa shape index (κ1) is 15.6. The molecule has 0 atom stereocenters. The highest BCUT2D eigenvalue weighted by atomic mass is 16.5. The van der Waals surface area contributed by atoms with Crippen LogP contribution >= 0.6 is 0 Å². The van der Waals surface area contributed by atoms with Crippen molar-refractivity contribution in [2.75, 3.05) is 7.11 Å². The van der Waals surface area contributed by atoms with Gasteiger partial charge in [0.25, 0.3) is 0 Å². The Hall–Kier alpha value is -3.32. The SMILES string of the molecule is COc1ccccc1/C=C/C=C(\C#N)c1nc2ccccc2n1C. The molecule has 4 heteroatoms. The van der Waals surface area contributed by atoms with Crippen molar-refractivity contribution >= 4 is 22.7 Å². The van der Waals surface area contributed by atoms with Crippen molar-refractivity contribution in [2.24, 2.45) is 7.05 Å². The molecule has 0 unspecified atom stereocenters. The average Bonchev–Trinajstić information content (AvgIpc) is 2.96. The molecule has 118 valence electrons. The van der Waals surface area contributed by atoms with E-state index in [2.05, 4.69) is 11.1 Å². The van der Waals surface area contributed by atoms with Crippen molar-refractivity contribution in [1.29, 1.82) is 5.26 Å². The minimum atomic E-state index is 0.514. The molecular formula is C20H17N3O. The number of rotatable bonds is 4. The third-order valence-corrected chi connectivity index (χ3v) is 3.83. The van der Waals surface area contributed by atoms with E-state index in [0.29, 0.717) is 11.4 Å². The summed E-state index contributed by atoms with van der Waals surface area (Å²) in [5, 5.41) is 9.50. The fourth-order valence-corrected chi connectivity index (χ4v) is 2.60. The Morgan fingerprint density at radius 3 is 2.67 bits per heavy atom. The van der Waals surface area contributed by atoms with Gasteiger partial charge in [-0.1, -0.05) is 42.5 Å². The number of hydrogen-bond acceptors (Lipinski definition) is 3. The molecule has 24 heavy (non-hydrogen) atoms. The Kier molecular flexibility index (Phi) is 4.44. The van der Waals surface area contributed by atoms with Gasteiger partial charge in [-0.05, 0) is 24.3 Å². The normalized spacial score (nSPS) is 11.8. The summed E-state index contributed by atoms with van der Waals surface area (Å²) in [7, 11) is 3.56. The Bertz CT molecular complexity index is 974. The molecule has 1 heterocycles. The number of aryl methyl sites for hydroxylation is 1. The summed E-state index contributed by atoms with van der Waals surface area (Å²) in [6.07, 6.45) is 5.53. The number of imidazole rings is 1. The van der Waals surface area contributed by atoms with Crippen LogP contribution < -0.4 is 4.74 Å². The fourth-order valence-electron chi connectivity index (χ4n) is 2.60. The largest absolute Gasteiger partial charge is 0.496 e. The van der Waals surface area contributed by atoms with E-state index in [9.17, 15) is 5.26 Å². The van der Waals surface area contributed by atoms with Gasteiger partial charge in [0.15, 0.2) is 5.82 Å². The lowest BCUT2D eigenvalue weighted by molar-refractivity contribution is 0.414. The molecule has 4 nitrogen and oxygen atoms in total. The molecule has 0 bridgehead atoms. The molecule has 0 saturated heterocycles. The Labute approximate surface area is 140 Å². The van der Waals surface area contributed by atoms with E-state index in [-0.39, 0.29) is 0 Å². The molecule has 0 aliphatic heterocycles. The topological polar surface area (TPSA) is 50.8 Å². The number of fused-ring (bicyclic) bond motifs is 1. The number of aromatic nitrogens is 2. The van der Waals surface area contributed by atoms with Crippen molar-refractivity contribution in [2.45, 2.75) is 0 Å². The second-order valence-corrected chi connectivity index (χ2v) is 5.28. The van der Waals surface area contributed by atoms with Crippen molar-refractivity contribution in [3.8, 4) is 11.8 Å². The smallest absolute Gasteiger partial charge is 0.151 e. The van der Waals surface area contributed by atoms with Gasteiger partial charge >= 0.3 is 0 Å². The maximum Gasteiger partial charge on any atom is 0.151 e. The highest BCUT2D eigenvalue weighted by Crippen LogP contribution is 2.21. The van der Waals surface area contributed by atoms with E-state index in [1.807, 2.05) is 72.3 Å². The molecule has 3 aromatic rings. The summed E-state index contributed by atoms with van der Waals surface area (Å²) >= 11 is 0. The lowest BCUT2D eigenvalue weighted by Gasteiger charge is -2.03. The minimum absolute atomic E-state index is 0.514. The first-order valence-electron chi connectivity index (χ1n) is 7.58. The number of benzene rings is 2. The molecular weight excluding hydrogens is 298 g/mol. The van der Waals surface area contributed by atoms with Crippen molar-refractivity contribution in [3.05, 3.63) is 72.1 Å². The number of hydrogen-bond donors (Lipinski definition) is 0. The van der Waals surface area contributed by atoms with Crippen LogP contribution in [0.2, 0.25) is 0 Å². The van der Waals surface area contributed by atoms with E-state index in [4.69, 9.17) is 4.74 Å². The molecule has 0 radical (unpaired) electrons. The summed E-state index contributed by atoms with van der Waals surface area (Å²) in [6.45, 7) is 0. The second kappa shape index (κ2) is 6.84. The quantitative estimate of drug-likeness (QED) is 0.535. The first-order valence-corrected chi connectivity index (χ1v) is 7.58. The van der Waals surface area contributed by atoms with E-state index in [0.717, 1.165) is 22.3 Å². The molecule has 0 aliphatic rings. The number of ether oxygens (including phenoxy) is 1. The van der Waals surface area contributed by atoms with Gasteiger partial charge in [0.2, 0.25) is 0 Å². The van der Waals surface area contributed by atoms with Gasteiger partial charge in [-0.15, -0.1) is 0 Å². The van der Waals surface area contributed by atoms with Gasteiger partial charge in [0.05, 0.1) is 23.7 Å². The van der Waals surface area contributed by atoms with Gasteiger partial charge in [0, 0.05) is 12.6 Å². The molecule has 0 N–H and O–H groups in total. The van der Waals surface area contributed by atoms with E-state index in [1.54, 1.807) is 13.2 Å². The van der Waals surface area contributed by atoms with Gasteiger partial charge in [-0.25, -0.2) is 4.98 Å². The maximum atomic E-state index is 9.50. The van der Waals surface area contributed by atoms with Gasteiger partial charge in [-0.2, -0.15) is 5.26 Å². The van der Waals surface area contributed by atoms with Crippen LogP contribution in [0.3, 0.4) is 0 Å². The zero-order valence-corrected chi connectivity index (χ0v) is 13.6. The molecule has 2 aromatic carbocycles. The van der Waals surface area contributed by atoms with Crippen LogP contribution in [0, 0.1) is 11.3 Å². The average molecular weight is 315 g/mol. The number of allylic oxidation sites excluding steroid dienone is 3. The molecule has 0 spiro atoms. The Morgan fingerprint density at radius 1 is 1.17 bits per heavy atom. The third kappa shape index (κ3) is 2.92. The number of methoxy groups -OCH3 is 1. The molecule has 1 aromatic heterocycles. The van der Waals surface area contributed by atoms with Crippen LogP contribution in [0.1, 0.15) is 11.4 Å². The monoisotopic (exact) mass is 315 g/mol. The second-order valence-electron chi connectivity index (χ2n) is 5.28. The number of nitriles is 1. The maximum absolute atomic E-state index is 9.50.